The van der Waals surface area contributed by atoms with Crippen LogP contribution in [-0.4, -0.2) is 57.7 Å². The van der Waals surface area contributed by atoms with E-state index in [9.17, 15) is 4.79 Å². The number of imidazole rings is 1. The highest BCUT2D eigenvalue weighted by Gasteiger charge is 2.42. The normalized spacial score (nSPS) is 25.2. The molecule has 1 atom stereocenters. The van der Waals surface area contributed by atoms with Crippen molar-refractivity contribution in [1.29, 1.82) is 0 Å². The fraction of sp³-hybridized carbons (Fsp3) is 0.667. The lowest BCUT2D eigenvalue weighted by molar-refractivity contribution is 0.0501. The molecule has 1 aliphatic carbocycles. The molecule has 0 aromatic carbocycles. The molecule has 0 bridgehead atoms. The van der Waals surface area contributed by atoms with Crippen molar-refractivity contribution in [1.82, 2.24) is 19.4 Å². The van der Waals surface area contributed by atoms with E-state index in [1.807, 2.05) is 17.3 Å². The standard InChI is InChI=1S/C21H29N5O2/c22-11-17-10-21(13-28-17)5-7-25(8-6-21)20(27)15-9-18-19(23-12-15)26(14-24-18)16-3-1-2-4-16/h9,12,14,16-17H,1-8,10-11,13,22H2. The van der Waals surface area contributed by atoms with E-state index in [1.54, 1.807) is 6.20 Å². The molecule has 7 heteroatoms. The van der Waals surface area contributed by atoms with Crippen LogP contribution in [0, 0.1) is 5.41 Å². The van der Waals surface area contributed by atoms with Crippen LogP contribution in [0.15, 0.2) is 18.6 Å². The summed E-state index contributed by atoms with van der Waals surface area (Å²) in [5, 5.41) is 0. The smallest absolute Gasteiger partial charge is 0.255 e. The Kier molecular flexibility index (Phi) is 4.59. The van der Waals surface area contributed by atoms with Gasteiger partial charge in [0.15, 0.2) is 5.65 Å². The zero-order chi connectivity index (χ0) is 19.1. The third-order valence-electron chi connectivity index (χ3n) is 7.04. The molecule has 2 aliphatic heterocycles. The third-order valence-corrected chi connectivity index (χ3v) is 7.04. The maximum atomic E-state index is 13.0. The van der Waals surface area contributed by atoms with Crippen molar-refractivity contribution >= 4 is 17.1 Å². The van der Waals surface area contributed by atoms with E-state index in [0.717, 1.165) is 50.1 Å². The highest BCUT2D eigenvalue weighted by atomic mass is 16.5. The number of ether oxygens (including phenoxy) is 1. The minimum atomic E-state index is 0.0638. The number of pyridine rings is 1. The van der Waals surface area contributed by atoms with Crippen molar-refractivity contribution in [3.05, 3.63) is 24.2 Å². The maximum Gasteiger partial charge on any atom is 0.255 e. The summed E-state index contributed by atoms with van der Waals surface area (Å²) in [5.74, 6) is 0.0638. The Hall–Kier alpha value is -1.99. The summed E-state index contributed by atoms with van der Waals surface area (Å²) in [6.07, 6.45) is 11.7. The molecular weight excluding hydrogens is 354 g/mol. The lowest BCUT2D eigenvalue weighted by atomic mass is 9.76. The molecule has 7 nitrogen and oxygen atoms in total. The summed E-state index contributed by atoms with van der Waals surface area (Å²) >= 11 is 0. The van der Waals surface area contributed by atoms with E-state index in [4.69, 9.17) is 10.5 Å². The Labute approximate surface area is 165 Å². The molecule has 1 amide bonds. The molecule has 4 heterocycles. The van der Waals surface area contributed by atoms with Gasteiger partial charge < -0.3 is 19.9 Å². The van der Waals surface area contributed by atoms with Crippen LogP contribution in [0.4, 0.5) is 0 Å². The first kappa shape index (κ1) is 18.1. The van der Waals surface area contributed by atoms with Gasteiger partial charge in [-0.25, -0.2) is 9.97 Å². The van der Waals surface area contributed by atoms with Crippen LogP contribution in [-0.2, 0) is 4.74 Å². The number of carbonyl (C=O) groups is 1. The van der Waals surface area contributed by atoms with E-state index in [1.165, 1.54) is 25.7 Å². The SMILES string of the molecule is NCC1CC2(CCN(C(=O)c3cnc4c(c3)ncn4C3CCCC3)CC2)CO1. The predicted molar refractivity (Wildman–Crippen MR) is 106 cm³/mol. The molecule has 2 aromatic heterocycles. The van der Waals surface area contributed by atoms with Crippen LogP contribution >= 0.6 is 0 Å². The number of nitrogens with two attached hydrogens (primary N) is 1. The van der Waals surface area contributed by atoms with E-state index in [-0.39, 0.29) is 17.4 Å². The topological polar surface area (TPSA) is 86.3 Å². The van der Waals surface area contributed by atoms with E-state index < -0.39 is 0 Å². The minimum Gasteiger partial charge on any atom is -0.376 e. The number of aromatic nitrogens is 3. The van der Waals surface area contributed by atoms with Gasteiger partial charge in [0.1, 0.15) is 5.52 Å². The molecular formula is C21H29N5O2. The first-order valence-corrected chi connectivity index (χ1v) is 10.6. The first-order chi connectivity index (χ1) is 13.7. The second kappa shape index (κ2) is 7.12. The predicted octanol–water partition coefficient (Wildman–Crippen LogP) is 2.52. The number of carbonyl (C=O) groups excluding carboxylic acids is 1. The molecule has 1 saturated carbocycles. The summed E-state index contributed by atoms with van der Waals surface area (Å²) in [5.41, 5.74) is 8.33. The summed E-state index contributed by atoms with van der Waals surface area (Å²) < 4.78 is 8.01. The number of hydrogen-bond donors (Lipinski definition) is 1. The Morgan fingerprint density at radius 2 is 2.04 bits per heavy atom. The van der Waals surface area contributed by atoms with Crippen LogP contribution in [0.25, 0.3) is 11.2 Å². The molecule has 0 radical (unpaired) electrons. The number of fused-ring (bicyclic) bond motifs is 1. The number of hydrogen-bond acceptors (Lipinski definition) is 5. The van der Waals surface area contributed by atoms with Gasteiger partial charge in [0, 0.05) is 31.9 Å². The molecule has 1 unspecified atom stereocenters. The second-order valence-corrected chi connectivity index (χ2v) is 8.82. The molecule has 2 N–H and O–H groups in total. The van der Waals surface area contributed by atoms with Crippen molar-refractivity contribution in [2.24, 2.45) is 11.1 Å². The molecule has 150 valence electrons. The quantitative estimate of drug-likeness (QED) is 0.880. The summed E-state index contributed by atoms with van der Waals surface area (Å²) in [6.45, 7) is 2.91. The van der Waals surface area contributed by atoms with E-state index in [2.05, 4.69) is 14.5 Å². The minimum absolute atomic E-state index is 0.0638. The van der Waals surface area contributed by atoms with Crippen LogP contribution in [0.5, 0.6) is 0 Å². The van der Waals surface area contributed by atoms with Gasteiger partial charge in [-0.1, -0.05) is 12.8 Å². The largest absolute Gasteiger partial charge is 0.376 e. The van der Waals surface area contributed by atoms with Crippen molar-refractivity contribution in [3.63, 3.8) is 0 Å². The Morgan fingerprint density at radius 3 is 2.75 bits per heavy atom. The maximum absolute atomic E-state index is 13.0. The highest BCUT2D eigenvalue weighted by Crippen LogP contribution is 2.42. The van der Waals surface area contributed by atoms with Gasteiger partial charge in [0.05, 0.1) is 24.6 Å². The van der Waals surface area contributed by atoms with Crippen molar-refractivity contribution in [3.8, 4) is 0 Å². The van der Waals surface area contributed by atoms with Crippen LogP contribution in [0.1, 0.15) is 61.3 Å². The lowest BCUT2D eigenvalue weighted by Crippen LogP contribution is -2.43. The summed E-state index contributed by atoms with van der Waals surface area (Å²) in [6, 6.07) is 2.41. The first-order valence-electron chi connectivity index (χ1n) is 10.6. The van der Waals surface area contributed by atoms with Gasteiger partial charge in [-0.3, -0.25) is 4.79 Å². The van der Waals surface area contributed by atoms with E-state index in [0.29, 0.717) is 18.2 Å². The second-order valence-electron chi connectivity index (χ2n) is 8.82. The third kappa shape index (κ3) is 3.10. The Bertz CT molecular complexity index is 865. The number of rotatable bonds is 3. The van der Waals surface area contributed by atoms with Crippen molar-refractivity contribution < 1.29 is 9.53 Å². The number of likely N-dealkylation sites (tertiary alicyclic amines) is 1. The van der Waals surface area contributed by atoms with Crippen molar-refractivity contribution in [2.45, 2.75) is 57.1 Å². The molecule has 3 fully saturated rings. The molecule has 28 heavy (non-hydrogen) atoms. The average Bonchev–Trinajstić information content (AvgIpc) is 3.47. The lowest BCUT2D eigenvalue weighted by Gasteiger charge is -2.38. The average molecular weight is 383 g/mol. The monoisotopic (exact) mass is 383 g/mol. The van der Waals surface area contributed by atoms with E-state index >= 15 is 0 Å². The number of nitrogens with zero attached hydrogens (tertiary/aromatic N) is 4. The fourth-order valence-electron chi connectivity index (χ4n) is 5.25. The van der Waals surface area contributed by atoms with Gasteiger partial charge in [-0.05, 0) is 43.6 Å². The zero-order valence-electron chi connectivity index (χ0n) is 16.3. The van der Waals surface area contributed by atoms with Crippen LogP contribution in [0.2, 0.25) is 0 Å². The molecule has 3 aliphatic rings. The Balaban J connectivity index is 1.29. The van der Waals surface area contributed by atoms with Gasteiger partial charge in [0.25, 0.3) is 5.91 Å². The van der Waals surface area contributed by atoms with Crippen LogP contribution < -0.4 is 5.73 Å². The molecule has 5 rings (SSSR count). The molecule has 1 spiro atoms. The highest BCUT2D eigenvalue weighted by molar-refractivity contribution is 5.96. The summed E-state index contributed by atoms with van der Waals surface area (Å²) in [4.78, 5) is 24.1. The molecule has 2 saturated heterocycles. The summed E-state index contributed by atoms with van der Waals surface area (Å²) in [7, 11) is 0. The van der Waals surface area contributed by atoms with Gasteiger partial charge in [-0.15, -0.1) is 0 Å². The van der Waals surface area contributed by atoms with Gasteiger partial charge in [0.2, 0.25) is 0 Å². The van der Waals surface area contributed by atoms with Crippen LogP contribution in [0.3, 0.4) is 0 Å². The fourth-order valence-corrected chi connectivity index (χ4v) is 5.25. The number of amides is 1. The Morgan fingerprint density at radius 1 is 1.25 bits per heavy atom. The van der Waals surface area contributed by atoms with Crippen molar-refractivity contribution in [2.75, 3.05) is 26.2 Å². The van der Waals surface area contributed by atoms with Gasteiger partial charge >= 0.3 is 0 Å². The number of piperidine rings is 1. The zero-order valence-corrected chi connectivity index (χ0v) is 16.3. The van der Waals surface area contributed by atoms with Gasteiger partial charge in [-0.2, -0.15) is 0 Å². The molecule has 2 aromatic rings.